The van der Waals surface area contributed by atoms with Crippen molar-refractivity contribution in [2.24, 2.45) is 0 Å². The Kier molecular flexibility index (Phi) is 3.05. The van der Waals surface area contributed by atoms with Gasteiger partial charge in [-0.1, -0.05) is 30.3 Å². The van der Waals surface area contributed by atoms with E-state index in [1.54, 1.807) is 6.92 Å². The van der Waals surface area contributed by atoms with Crippen molar-refractivity contribution in [3.63, 3.8) is 0 Å². The summed E-state index contributed by atoms with van der Waals surface area (Å²) in [5, 5.41) is 7.80. The molecule has 1 aliphatic heterocycles. The van der Waals surface area contributed by atoms with Crippen LogP contribution >= 0.6 is 0 Å². The highest BCUT2D eigenvalue weighted by atomic mass is 16.5. The van der Waals surface area contributed by atoms with Crippen molar-refractivity contribution in [2.75, 3.05) is 17.2 Å². The Hall–Kier alpha value is -2.56. The first-order valence-corrected chi connectivity index (χ1v) is 6.85. The minimum absolute atomic E-state index is 0.230. The van der Waals surface area contributed by atoms with Gasteiger partial charge in [0.2, 0.25) is 5.54 Å². The zero-order valence-electron chi connectivity index (χ0n) is 11.9. The summed E-state index contributed by atoms with van der Waals surface area (Å²) in [6.07, 6.45) is 0. The number of fused-ring (bicyclic) bond motifs is 3. The molecule has 3 rings (SSSR count). The van der Waals surface area contributed by atoms with Crippen LogP contribution in [0.3, 0.4) is 0 Å². The average Bonchev–Trinajstić information content (AvgIpc) is 2.49. The smallest absolute Gasteiger partial charge is 0.341 e. The van der Waals surface area contributed by atoms with E-state index in [1.165, 1.54) is 6.92 Å². The second kappa shape index (κ2) is 4.77. The summed E-state index contributed by atoms with van der Waals surface area (Å²) >= 11 is 0. The Labute approximate surface area is 122 Å². The topological polar surface area (TPSA) is 67.4 Å². The Morgan fingerprint density at radius 3 is 2.76 bits per heavy atom. The summed E-state index contributed by atoms with van der Waals surface area (Å²) in [5.41, 5.74) is -0.00501. The minimum atomic E-state index is -1.41. The van der Waals surface area contributed by atoms with E-state index in [-0.39, 0.29) is 6.61 Å². The van der Waals surface area contributed by atoms with Gasteiger partial charge in [0.25, 0.3) is 5.91 Å². The Balaban J connectivity index is 2.09. The van der Waals surface area contributed by atoms with Crippen LogP contribution in [0, 0.1) is 0 Å². The molecule has 1 amide bonds. The molecule has 5 nitrogen and oxygen atoms in total. The fourth-order valence-corrected chi connectivity index (χ4v) is 2.49. The van der Waals surface area contributed by atoms with Crippen molar-refractivity contribution in [2.45, 2.75) is 19.4 Å². The van der Waals surface area contributed by atoms with Crippen molar-refractivity contribution >= 4 is 34.0 Å². The zero-order valence-corrected chi connectivity index (χ0v) is 11.9. The molecule has 1 atom stereocenters. The standard InChI is InChI=1S/C16H16N2O3/c1-3-21-15(20)16(2)14(19)17-13-11-7-5-4-6-10(11)8-9-12(13)18-16/h4-9,18H,3H2,1-2H3,(H,17,19). The van der Waals surface area contributed by atoms with Gasteiger partial charge in [0.15, 0.2) is 0 Å². The molecule has 2 aromatic rings. The summed E-state index contributed by atoms with van der Waals surface area (Å²) < 4.78 is 5.00. The second-order valence-corrected chi connectivity index (χ2v) is 5.13. The van der Waals surface area contributed by atoms with Gasteiger partial charge in [0.1, 0.15) is 0 Å². The molecule has 0 bridgehead atoms. The van der Waals surface area contributed by atoms with Gasteiger partial charge in [-0.25, -0.2) is 4.79 Å². The molecule has 1 unspecified atom stereocenters. The monoisotopic (exact) mass is 284 g/mol. The predicted octanol–water partition coefficient (Wildman–Crippen LogP) is 2.53. The molecule has 0 fully saturated rings. The number of ether oxygens (including phenoxy) is 1. The number of amides is 1. The van der Waals surface area contributed by atoms with Crippen LogP contribution in [0.15, 0.2) is 36.4 Å². The maximum absolute atomic E-state index is 12.4. The molecule has 2 aromatic carbocycles. The van der Waals surface area contributed by atoms with Crippen LogP contribution in [-0.4, -0.2) is 24.0 Å². The third-order valence-corrected chi connectivity index (χ3v) is 3.69. The first-order valence-electron chi connectivity index (χ1n) is 6.85. The molecule has 1 aliphatic rings. The summed E-state index contributed by atoms with van der Waals surface area (Å²) in [7, 11) is 0. The van der Waals surface area contributed by atoms with Crippen LogP contribution in [0.2, 0.25) is 0 Å². The summed E-state index contributed by atoms with van der Waals surface area (Å²) in [4.78, 5) is 24.4. The Morgan fingerprint density at radius 2 is 2.00 bits per heavy atom. The first kappa shape index (κ1) is 13.4. The third-order valence-electron chi connectivity index (χ3n) is 3.69. The van der Waals surface area contributed by atoms with Crippen LogP contribution in [0.4, 0.5) is 11.4 Å². The van der Waals surface area contributed by atoms with Crippen molar-refractivity contribution in [3.05, 3.63) is 36.4 Å². The van der Waals surface area contributed by atoms with Crippen LogP contribution in [0.5, 0.6) is 0 Å². The lowest BCUT2D eigenvalue weighted by Gasteiger charge is -2.34. The Morgan fingerprint density at radius 1 is 1.24 bits per heavy atom. The van der Waals surface area contributed by atoms with Crippen molar-refractivity contribution < 1.29 is 14.3 Å². The van der Waals surface area contributed by atoms with E-state index in [0.29, 0.717) is 11.4 Å². The van der Waals surface area contributed by atoms with E-state index in [1.807, 2.05) is 36.4 Å². The summed E-state index contributed by atoms with van der Waals surface area (Å²) in [6, 6.07) is 11.6. The highest BCUT2D eigenvalue weighted by molar-refractivity contribution is 6.21. The first-order chi connectivity index (χ1) is 10.1. The number of rotatable bonds is 2. The van der Waals surface area contributed by atoms with Gasteiger partial charge in [-0.15, -0.1) is 0 Å². The molecule has 0 radical (unpaired) electrons. The van der Waals surface area contributed by atoms with E-state index in [9.17, 15) is 9.59 Å². The fraction of sp³-hybridized carbons (Fsp3) is 0.250. The maximum atomic E-state index is 12.4. The lowest BCUT2D eigenvalue weighted by atomic mass is 9.95. The molecule has 0 spiro atoms. The van der Waals surface area contributed by atoms with Crippen LogP contribution < -0.4 is 10.6 Å². The normalized spacial score (nSPS) is 20.4. The van der Waals surface area contributed by atoms with Crippen molar-refractivity contribution in [1.29, 1.82) is 0 Å². The van der Waals surface area contributed by atoms with Crippen molar-refractivity contribution in [3.8, 4) is 0 Å². The minimum Gasteiger partial charge on any atom is -0.464 e. The fourth-order valence-electron chi connectivity index (χ4n) is 2.49. The predicted molar refractivity (Wildman–Crippen MR) is 81.2 cm³/mol. The molecule has 21 heavy (non-hydrogen) atoms. The quantitative estimate of drug-likeness (QED) is 0.657. The lowest BCUT2D eigenvalue weighted by Crippen LogP contribution is -2.56. The molecule has 108 valence electrons. The zero-order chi connectivity index (χ0) is 15.0. The molecule has 0 saturated carbocycles. The van der Waals surface area contributed by atoms with Gasteiger partial charge in [-0.2, -0.15) is 0 Å². The SMILES string of the molecule is CCOC(=O)C1(C)Nc2ccc3ccccc3c2NC1=O. The van der Waals surface area contributed by atoms with Gasteiger partial charge in [0, 0.05) is 5.39 Å². The second-order valence-electron chi connectivity index (χ2n) is 5.13. The van der Waals surface area contributed by atoms with E-state index in [2.05, 4.69) is 10.6 Å². The highest BCUT2D eigenvalue weighted by Gasteiger charge is 2.46. The van der Waals surface area contributed by atoms with Gasteiger partial charge >= 0.3 is 5.97 Å². The van der Waals surface area contributed by atoms with E-state index < -0.39 is 17.4 Å². The van der Waals surface area contributed by atoms with E-state index >= 15 is 0 Å². The van der Waals surface area contributed by atoms with Gasteiger partial charge in [-0.05, 0) is 25.3 Å². The van der Waals surface area contributed by atoms with Crippen LogP contribution in [0.1, 0.15) is 13.8 Å². The van der Waals surface area contributed by atoms with Crippen LogP contribution in [-0.2, 0) is 14.3 Å². The molecular weight excluding hydrogens is 268 g/mol. The number of carbonyl (C=O) groups is 2. The summed E-state index contributed by atoms with van der Waals surface area (Å²) in [6.45, 7) is 3.47. The molecule has 0 saturated heterocycles. The maximum Gasteiger partial charge on any atom is 0.341 e. The van der Waals surface area contributed by atoms with Gasteiger partial charge in [0.05, 0.1) is 18.0 Å². The molecule has 5 heteroatoms. The number of hydrogen-bond acceptors (Lipinski definition) is 4. The number of nitrogens with one attached hydrogen (secondary N) is 2. The van der Waals surface area contributed by atoms with E-state index in [4.69, 9.17) is 4.74 Å². The molecule has 1 heterocycles. The van der Waals surface area contributed by atoms with E-state index in [0.717, 1.165) is 10.8 Å². The molecular formula is C16H16N2O3. The highest BCUT2D eigenvalue weighted by Crippen LogP contribution is 2.37. The third kappa shape index (κ3) is 2.01. The molecule has 0 aromatic heterocycles. The average molecular weight is 284 g/mol. The lowest BCUT2D eigenvalue weighted by molar-refractivity contribution is -0.151. The number of hydrogen-bond donors (Lipinski definition) is 2. The van der Waals surface area contributed by atoms with Crippen molar-refractivity contribution in [1.82, 2.24) is 0 Å². The number of benzene rings is 2. The molecule has 0 aliphatic carbocycles. The number of esters is 1. The number of carbonyl (C=O) groups excluding carboxylic acids is 2. The van der Waals surface area contributed by atoms with Gasteiger partial charge < -0.3 is 15.4 Å². The van der Waals surface area contributed by atoms with Crippen LogP contribution in [0.25, 0.3) is 10.8 Å². The van der Waals surface area contributed by atoms with Gasteiger partial charge in [-0.3, -0.25) is 4.79 Å². The summed E-state index contributed by atoms with van der Waals surface area (Å²) in [5.74, 6) is -0.994. The number of anilines is 2. The molecule has 2 N–H and O–H groups in total. The largest absolute Gasteiger partial charge is 0.464 e. The Bertz CT molecular complexity index is 741.